The van der Waals surface area contributed by atoms with Crippen molar-refractivity contribution in [2.24, 2.45) is 0 Å². The van der Waals surface area contributed by atoms with E-state index in [9.17, 15) is 13.2 Å². The van der Waals surface area contributed by atoms with E-state index >= 15 is 0 Å². The molecule has 30 heavy (non-hydrogen) atoms. The summed E-state index contributed by atoms with van der Waals surface area (Å²) in [5, 5.41) is 3.94. The van der Waals surface area contributed by atoms with E-state index in [0.29, 0.717) is 11.5 Å². The second kappa shape index (κ2) is 8.66. The van der Waals surface area contributed by atoms with Crippen LogP contribution in [0.5, 0.6) is 0 Å². The van der Waals surface area contributed by atoms with Gasteiger partial charge in [-0.3, -0.25) is 9.10 Å². The number of aromatic nitrogens is 2. The number of carbonyl (C=O) groups is 1. The molecule has 0 saturated carbocycles. The maximum absolute atomic E-state index is 13.0. The molecule has 0 aliphatic rings. The maximum Gasteiger partial charge on any atom is 0.246 e. The fourth-order valence-electron chi connectivity index (χ4n) is 3.12. The molecule has 0 aliphatic heterocycles. The van der Waals surface area contributed by atoms with Gasteiger partial charge in [0.2, 0.25) is 27.6 Å². The number of hydrogen-bond acceptors (Lipinski definition) is 6. The summed E-state index contributed by atoms with van der Waals surface area (Å²) in [6.45, 7) is 3.53. The van der Waals surface area contributed by atoms with Gasteiger partial charge in [-0.25, -0.2) is 8.42 Å². The number of rotatable bonds is 7. The summed E-state index contributed by atoms with van der Waals surface area (Å²) in [7, 11) is -2.11. The lowest BCUT2D eigenvalue weighted by atomic mass is 10.2. The summed E-state index contributed by atoms with van der Waals surface area (Å²) in [6.07, 6.45) is 1.08. The van der Waals surface area contributed by atoms with E-state index in [2.05, 4.69) is 10.1 Å². The van der Waals surface area contributed by atoms with E-state index in [1.54, 1.807) is 38.2 Å². The minimum atomic E-state index is -3.68. The van der Waals surface area contributed by atoms with Crippen LogP contribution in [0.4, 0.5) is 5.69 Å². The summed E-state index contributed by atoms with van der Waals surface area (Å²) in [4.78, 5) is 18.7. The number of sulfonamides is 1. The SMILES string of the molecule is Cc1ccc(N([C@H](C)C(=O)N(C)Cc2nc(-c3ccccc3)no2)S(C)(=O)=O)cc1. The quantitative estimate of drug-likeness (QED) is 0.574. The van der Waals surface area contributed by atoms with Gasteiger partial charge in [0.25, 0.3) is 0 Å². The molecule has 0 aliphatic carbocycles. The van der Waals surface area contributed by atoms with Crippen LogP contribution in [0.25, 0.3) is 11.4 Å². The van der Waals surface area contributed by atoms with Gasteiger partial charge in [-0.2, -0.15) is 4.98 Å². The highest BCUT2D eigenvalue weighted by molar-refractivity contribution is 7.92. The van der Waals surface area contributed by atoms with Crippen LogP contribution < -0.4 is 4.31 Å². The largest absolute Gasteiger partial charge is 0.337 e. The Balaban J connectivity index is 1.77. The number of anilines is 1. The van der Waals surface area contributed by atoms with Gasteiger partial charge in [0.15, 0.2) is 0 Å². The third-order valence-corrected chi connectivity index (χ3v) is 5.85. The average molecular weight is 429 g/mol. The highest BCUT2D eigenvalue weighted by Gasteiger charge is 2.31. The van der Waals surface area contributed by atoms with Crippen molar-refractivity contribution in [3.63, 3.8) is 0 Å². The van der Waals surface area contributed by atoms with Crippen LogP contribution in [0.3, 0.4) is 0 Å². The molecule has 0 radical (unpaired) electrons. The molecule has 3 rings (SSSR count). The molecular weight excluding hydrogens is 404 g/mol. The van der Waals surface area contributed by atoms with Crippen molar-refractivity contribution < 1.29 is 17.7 Å². The Labute approximate surface area is 176 Å². The van der Waals surface area contributed by atoms with Gasteiger partial charge in [-0.1, -0.05) is 53.2 Å². The molecule has 1 aromatic heterocycles. The first-order valence-electron chi connectivity index (χ1n) is 9.36. The number of benzene rings is 2. The number of likely N-dealkylation sites (N-methyl/N-ethyl adjacent to an activating group) is 1. The van der Waals surface area contributed by atoms with E-state index in [-0.39, 0.29) is 18.3 Å². The first-order valence-corrected chi connectivity index (χ1v) is 11.2. The van der Waals surface area contributed by atoms with Gasteiger partial charge < -0.3 is 9.42 Å². The van der Waals surface area contributed by atoms with E-state index in [1.807, 2.05) is 37.3 Å². The monoisotopic (exact) mass is 428 g/mol. The molecule has 8 nitrogen and oxygen atoms in total. The summed E-state index contributed by atoms with van der Waals surface area (Å²) >= 11 is 0. The Hall–Kier alpha value is -3.20. The molecule has 9 heteroatoms. The normalized spacial score (nSPS) is 12.4. The Morgan fingerprint density at radius 3 is 2.33 bits per heavy atom. The molecule has 2 aromatic carbocycles. The molecule has 3 aromatic rings. The molecule has 158 valence electrons. The predicted molar refractivity (Wildman–Crippen MR) is 114 cm³/mol. The summed E-state index contributed by atoms with van der Waals surface area (Å²) in [5.74, 6) is 0.301. The van der Waals surface area contributed by atoms with Crippen LogP contribution in [-0.2, 0) is 21.4 Å². The molecule has 0 bridgehead atoms. The first-order chi connectivity index (χ1) is 14.2. The van der Waals surface area contributed by atoms with Gasteiger partial charge in [0, 0.05) is 12.6 Å². The molecule has 0 saturated heterocycles. The van der Waals surface area contributed by atoms with Crippen molar-refractivity contribution in [2.45, 2.75) is 26.4 Å². The zero-order valence-corrected chi connectivity index (χ0v) is 18.1. The third kappa shape index (κ3) is 4.85. The Morgan fingerprint density at radius 1 is 1.10 bits per heavy atom. The van der Waals surface area contributed by atoms with Crippen LogP contribution in [0.2, 0.25) is 0 Å². The number of carbonyl (C=O) groups excluding carboxylic acids is 1. The first kappa shape index (κ1) is 21.5. The van der Waals surface area contributed by atoms with Gasteiger partial charge in [-0.05, 0) is 26.0 Å². The second-order valence-electron chi connectivity index (χ2n) is 7.14. The van der Waals surface area contributed by atoms with Crippen molar-refractivity contribution in [3.05, 3.63) is 66.1 Å². The predicted octanol–water partition coefficient (Wildman–Crippen LogP) is 2.86. The molecular formula is C21H24N4O4S. The Bertz CT molecular complexity index is 1110. The van der Waals surface area contributed by atoms with E-state index < -0.39 is 16.1 Å². The maximum atomic E-state index is 13.0. The fraction of sp³-hybridized carbons (Fsp3) is 0.286. The third-order valence-electron chi connectivity index (χ3n) is 4.60. The van der Waals surface area contributed by atoms with Crippen molar-refractivity contribution >= 4 is 21.6 Å². The molecule has 0 fully saturated rings. The lowest BCUT2D eigenvalue weighted by Gasteiger charge is -2.30. The van der Waals surface area contributed by atoms with Crippen LogP contribution in [-0.4, -0.2) is 48.7 Å². The van der Waals surface area contributed by atoms with Gasteiger partial charge >= 0.3 is 0 Å². The minimum Gasteiger partial charge on any atom is -0.337 e. The standard InChI is InChI=1S/C21H24N4O4S/c1-15-10-12-18(13-11-15)25(30(4,27)28)16(2)21(26)24(3)14-19-22-20(23-29-19)17-8-6-5-7-9-17/h5-13,16H,14H2,1-4H3/t16-/m1/s1. The Kier molecular flexibility index (Phi) is 6.21. The smallest absolute Gasteiger partial charge is 0.246 e. The van der Waals surface area contributed by atoms with Crippen LogP contribution in [0.1, 0.15) is 18.4 Å². The van der Waals surface area contributed by atoms with Crippen molar-refractivity contribution in [1.82, 2.24) is 15.0 Å². The van der Waals surface area contributed by atoms with Crippen molar-refractivity contribution in [2.75, 3.05) is 17.6 Å². The topological polar surface area (TPSA) is 96.6 Å². The van der Waals surface area contributed by atoms with Crippen LogP contribution >= 0.6 is 0 Å². The number of hydrogen-bond donors (Lipinski definition) is 0. The molecule has 0 N–H and O–H groups in total. The fourth-order valence-corrected chi connectivity index (χ4v) is 4.29. The zero-order valence-electron chi connectivity index (χ0n) is 17.3. The van der Waals surface area contributed by atoms with Gasteiger partial charge in [0.05, 0.1) is 18.5 Å². The lowest BCUT2D eigenvalue weighted by Crippen LogP contribution is -2.48. The van der Waals surface area contributed by atoms with E-state index in [0.717, 1.165) is 21.7 Å². The van der Waals surface area contributed by atoms with E-state index in [4.69, 9.17) is 4.52 Å². The molecule has 1 amide bonds. The average Bonchev–Trinajstić information content (AvgIpc) is 3.17. The minimum absolute atomic E-state index is 0.0640. The van der Waals surface area contributed by atoms with Gasteiger partial charge in [-0.15, -0.1) is 0 Å². The summed E-state index contributed by atoms with van der Waals surface area (Å²) in [5.41, 5.74) is 2.23. The number of amides is 1. The number of aryl methyl sites for hydroxylation is 1. The second-order valence-corrected chi connectivity index (χ2v) is 9.00. The highest BCUT2D eigenvalue weighted by Crippen LogP contribution is 2.22. The van der Waals surface area contributed by atoms with Crippen molar-refractivity contribution in [3.8, 4) is 11.4 Å². The lowest BCUT2D eigenvalue weighted by molar-refractivity contribution is -0.131. The van der Waals surface area contributed by atoms with Gasteiger partial charge in [0.1, 0.15) is 6.04 Å². The summed E-state index contributed by atoms with van der Waals surface area (Å²) in [6, 6.07) is 15.4. The zero-order chi connectivity index (χ0) is 21.9. The van der Waals surface area contributed by atoms with Crippen LogP contribution in [0.15, 0.2) is 59.1 Å². The Morgan fingerprint density at radius 2 is 1.73 bits per heavy atom. The molecule has 1 heterocycles. The van der Waals surface area contributed by atoms with Crippen molar-refractivity contribution in [1.29, 1.82) is 0 Å². The number of nitrogens with zero attached hydrogens (tertiary/aromatic N) is 4. The molecule has 0 spiro atoms. The highest BCUT2D eigenvalue weighted by atomic mass is 32.2. The molecule has 1 atom stereocenters. The molecule has 0 unspecified atom stereocenters. The summed E-state index contributed by atoms with van der Waals surface area (Å²) < 4.78 is 31.2. The van der Waals surface area contributed by atoms with E-state index in [1.165, 1.54) is 4.90 Å². The van der Waals surface area contributed by atoms with Crippen LogP contribution in [0, 0.1) is 6.92 Å².